The maximum Gasteiger partial charge on any atom is 0.188 e. The maximum atomic E-state index is 13.6. The van der Waals surface area contributed by atoms with Crippen LogP contribution in [0.4, 0.5) is 9.70 Å². The Bertz CT molecular complexity index is 939. The molecule has 27 heavy (non-hydrogen) atoms. The van der Waals surface area contributed by atoms with Crippen molar-refractivity contribution in [2.75, 3.05) is 31.2 Å². The molecule has 1 aliphatic rings. The Morgan fingerprint density at radius 1 is 1.19 bits per heavy atom. The van der Waals surface area contributed by atoms with Gasteiger partial charge in [0.05, 0.1) is 24.4 Å². The van der Waals surface area contributed by atoms with E-state index in [1.165, 1.54) is 16.0 Å². The summed E-state index contributed by atoms with van der Waals surface area (Å²) < 4.78 is 20.3. The fourth-order valence-electron chi connectivity index (χ4n) is 3.44. The molecule has 3 heterocycles. The number of hydrogen-bond donors (Lipinski definition) is 0. The average Bonchev–Trinajstić information content (AvgIpc) is 3.06. The summed E-state index contributed by atoms with van der Waals surface area (Å²) in [6.07, 6.45) is 2.50. The number of morpholine rings is 1. The van der Waals surface area contributed by atoms with Crippen LogP contribution < -0.4 is 4.90 Å². The Labute approximate surface area is 162 Å². The van der Waals surface area contributed by atoms with Gasteiger partial charge in [0, 0.05) is 24.5 Å². The van der Waals surface area contributed by atoms with Crippen LogP contribution in [0.5, 0.6) is 0 Å². The molecule has 3 aromatic rings. The van der Waals surface area contributed by atoms with Crippen molar-refractivity contribution in [2.24, 2.45) is 5.92 Å². The third-order valence-corrected chi connectivity index (χ3v) is 5.04. The number of rotatable bonds is 5. The van der Waals surface area contributed by atoms with E-state index < -0.39 is 0 Å². The molecule has 1 saturated heterocycles. The van der Waals surface area contributed by atoms with E-state index in [2.05, 4.69) is 45.9 Å². The largest absolute Gasteiger partial charge is 0.378 e. The molecule has 0 bridgehead atoms. The lowest BCUT2D eigenvalue weighted by molar-refractivity contribution is 0.122. The number of ether oxygens (including phenoxy) is 1. The molecular weight excluding hydrogens is 365 g/mol. The average molecular weight is 387 g/mol. The minimum atomic E-state index is 0.0887. The standard InChI is InChI=1S/C19H22FN5OS/c1-13(2)9-14-3-4-16-15(10-14)19(25(23-16)27-20)17-11-18(22-12-21-17)24-5-7-26-8-6-24/h3-4,10-13H,5-9H2,1-2H3. The monoisotopic (exact) mass is 387 g/mol. The van der Waals surface area contributed by atoms with Crippen LogP contribution in [0.25, 0.3) is 22.3 Å². The van der Waals surface area contributed by atoms with Crippen molar-refractivity contribution in [1.29, 1.82) is 0 Å². The number of halogens is 1. The first-order valence-corrected chi connectivity index (χ1v) is 9.79. The summed E-state index contributed by atoms with van der Waals surface area (Å²) in [5.74, 6) is 1.37. The number of aromatic nitrogens is 4. The Hall–Kier alpha value is -2.19. The molecule has 142 valence electrons. The highest BCUT2D eigenvalue weighted by Crippen LogP contribution is 2.33. The first-order chi connectivity index (χ1) is 13.2. The highest BCUT2D eigenvalue weighted by atomic mass is 32.2. The molecule has 1 aliphatic heterocycles. The SMILES string of the molecule is CC(C)Cc1ccc2nn(SF)c(-c3cc(N4CCOCC4)ncn3)c2c1. The summed E-state index contributed by atoms with van der Waals surface area (Å²) in [5.41, 5.74) is 3.31. The van der Waals surface area contributed by atoms with Crippen molar-refractivity contribution in [1.82, 2.24) is 19.2 Å². The molecule has 0 spiro atoms. The highest BCUT2D eigenvalue weighted by Gasteiger charge is 2.19. The third-order valence-electron chi connectivity index (χ3n) is 4.65. The van der Waals surface area contributed by atoms with Crippen LogP contribution >= 0.6 is 12.3 Å². The summed E-state index contributed by atoms with van der Waals surface area (Å²) in [5, 5.41) is 5.29. The van der Waals surface area contributed by atoms with Gasteiger partial charge in [0.2, 0.25) is 0 Å². The zero-order chi connectivity index (χ0) is 18.8. The second kappa shape index (κ2) is 7.82. The van der Waals surface area contributed by atoms with Crippen molar-refractivity contribution in [3.63, 3.8) is 0 Å². The predicted molar refractivity (Wildman–Crippen MR) is 106 cm³/mol. The van der Waals surface area contributed by atoms with Crippen molar-refractivity contribution < 1.29 is 8.62 Å². The molecule has 1 fully saturated rings. The Balaban J connectivity index is 1.79. The van der Waals surface area contributed by atoms with Gasteiger partial charge < -0.3 is 9.64 Å². The molecule has 8 heteroatoms. The molecule has 0 aliphatic carbocycles. The zero-order valence-electron chi connectivity index (χ0n) is 15.4. The first kappa shape index (κ1) is 18.2. The van der Waals surface area contributed by atoms with Gasteiger partial charge in [-0.2, -0.15) is 9.19 Å². The summed E-state index contributed by atoms with van der Waals surface area (Å²) in [6, 6.07) is 8.02. The van der Waals surface area contributed by atoms with E-state index >= 15 is 0 Å². The highest BCUT2D eigenvalue weighted by molar-refractivity contribution is 7.92. The van der Waals surface area contributed by atoms with E-state index in [-0.39, 0.29) is 12.3 Å². The van der Waals surface area contributed by atoms with E-state index in [1.807, 2.05) is 12.1 Å². The van der Waals surface area contributed by atoms with Gasteiger partial charge in [-0.15, -0.1) is 3.89 Å². The minimum absolute atomic E-state index is 0.0887. The van der Waals surface area contributed by atoms with Gasteiger partial charge in [-0.3, -0.25) is 0 Å². The van der Waals surface area contributed by atoms with Crippen molar-refractivity contribution in [3.8, 4) is 11.4 Å². The number of benzene rings is 1. The van der Waals surface area contributed by atoms with Crippen LogP contribution in [-0.4, -0.2) is 45.5 Å². The third kappa shape index (κ3) is 3.77. The van der Waals surface area contributed by atoms with Crippen molar-refractivity contribution >= 4 is 29.1 Å². The van der Waals surface area contributed by atoms with Crippen LogP contribution in [0.3, 0.4) is 0 Å². The van der Waals surface area contributed by atoms with E-state index in [9.17, 15) is 3.89 Å². The summed E-state index contributed by atoms with van der Waals surface area (Å²) in [6.45, 7) is 7.30. The van der Waals surface area contributed by atoms with Crippen LogP contribution in [-0.2, 0) is 11.2 Å². The lowest BCUT2D eigenvalue weighted by Crippen LogP contribution is -2.36. The van der Waals surface area contributed by atoms with Gasteiger partial charge in [0.1, 0.15) is 17.8 Å². The maximum absolute atomic E-state index is 13.6. The molecule has 0 unspecified atom stereocenters. The van der Waals surface area contributed by atoms with Crippen LogP contribution in [0.1, 0.15) is 19.4 Å². The van der Waals surface area contributed by atoms with Gasteiger partial charge in [-0.25, -0.2) is 9.97 Å². The van der Waals surface area contributed by atoms with Crippen molar-refractivity contribution in [2.45, 2.75) is 20.3 Å². The molecular formula is C19H22FN5OS. The van der Waals surface area contributed by atoms with Crippen LogP contribution in [0.15, 0.2) is 30.6 Å². The number of fused-ring (bicyclic) bond motifs is 1. The van der Waals surface area contributed by atoms with Gasteiger partial charge in [0.25, 0.3) is 0 Å². The molecule has 0 saturated carbocycles. The molecule has 0 N–H and O–H groups in total. The van der Waals surface area contributed by atoms with E-state index in [0.717, 1.165) is 36.2 Å². The fraction of sp³-hybridized carbons (Fsp3) is 0.421. The van der Waals surface area contributed by atoms with Gasteiger partial charge in [-0.05, 0) is 30.0 Å². The molecule has 0 amide bonds. The van der Waals surface area contributed by atoms with Crippen LogP contribution in [0.2, 0.25) is 0 Å². The lowest BCUT2D eigenvalue weighted by Gasteiger charge is -2.27. The summed E-state index contributed by atoms with van der Waals surface area (Å²) >= 11 is 0.0887. The molecule has 6 nitrogen and oxygen atoms in total. The quantitative estimate of drug-likeness (QED) is 0.662. The minimum Gasteiger partial charge on any atom is -0.378 e. The van der Waals surface area contributed by atoms with Gasteiger partial charge in [-0.1, -0.05) is 19.9 Å². The second-order valence-corrected chi connectivity index (χ2v) is 7.58. The smallest absolute Gasteiger partial charge is 0.188 e. The Kier molecular flexibility index (Phi) is 5.27. The zero-order valence-corrected chi connectivity index (χ0v) is 16.2. The van der Waals surface area contributed by atoms with E-state index in [0.29, 0.717) is 30.5 Å². The van der Waals surface area contributed by atoms with E-state index in [1.54, 1.807) is 0 Å². The first-order valence-electron chi connectivity index (χ1n) is 9.11. The number of anilines is 1. The fourth-order valence-corrected chi connectivity index (χ4v) is 3.82. The van der Waals surface area contributed by atoms with Crippen LogP contribution in [0, 0.1) is 5.92 Å². The Morgan fingerprint density at radius 2 is 2.00 bits per heavy atom. The summed E-state index contributed by atoms with van der Waals surface area (Å²) in [4.78, 5) is 11.0. The number of hydrogen-bond acceptors (Lipinski definition) is 6. The number of nitrogens with zero attached hydrogens (tertiary/aromatic N) is 5. The predicted octanol–water partition coefficient (Wildman–Crippen LogP) is 3.91. The normalized spacial score (nSPS) is 15.0. The molecule has 2 aromatic heterocycles. The van der Waals surface area contributed by atoms with E-state index in [4.69, 9.17) is 4.74 Å². The van der Waals surface area contributed by atoms with Gasteiger partial charge >= 0.3 is 0 Å². The summed E-state index contributed by atoms with van der Waals surface area (Å²) in [7, 11) is 0. The lowest BCUT2D eigenvalue weighted by atomic mass is 10.0. The molecule has 0 atom stereocenters. The van der Waals surface area contributed by atoms with Gasteiger partial charge in [0.15, 0.2) is 12.3 Å². The molecule has 0 radical (unpaired) electrons. The molecule has 1 aromatic carbocycles. The Morgan fingerprint density at radius 3 is 2.74 bits per heavy atom. The second-order valence-electron chi connectivity index (χ2n) is 7.10. The topological polar surface area (TPSA) is 56.1 Å². The van der Waals surface area contributed by atoms with Crippen molar-refractivity contribution in [3.05, 3.63) is 36.2 Å². The molecule has 4 rings (SSSR count).